The third-order valence-electron chi connectivity index (χ3n) is 2.24. The van der Waals surface area contributed by atoms with E-state index >= 15 is 0 Å². The van der Waals surface area contributed by atoms with Gasteiger partial charge in [0.25, 0.3) is 5.91 Å². The van der Waals surface area contributed by atoms with Crippen molar-refractivity contribution >= 4 is 17.4 Å². The highest BCUT2D eigenvalue weighted by atomic mass is 19.1. The first-order valence-corrected chi connectivity index (χ1v) is 5.07. The van der Waals surface area contributed by atoms with Crippen LogP contribution in [0, 0.1) is 5.82 Å². The van der Waals surface area contributed by atoms with E-state index in [4.69, 9.17) is 10.8 Å². The summed E-state index contributed by atoms with van der Waals surface area (Å²) in [6, 6.07) is 6.38. The summed E-state index contributed by atoms with van der Waals surface area (Å²) in [6.07, 6.45) is 1.37. The van der Waals surface area contributed by atoms with Gasteiger partial charge >= 0.3 is 0 Å². The van der Waals surface area contributed by atoms with Gasteiger partial charge in [-0.3, -0.25) is 4.79 Å². The molecule has 0 aliphatic rings. The van der Waals surface area contributed by atoms with Crippen LogP contribution in [0.25, 0.3) is 0 Å². The van der Waals surface area contributed by atoms with Crippen LogP contribution in [0.15, 0.2) is 36.5 Å². The Hall–Kier alpha value is -2.63. The van der Waals surface area contributed by atoms with E-state index in [0.29, 0.717) is 11.5 Å². The first-order chi connectivity index (χ1) is 8.56. The number of rotatable bonds is 2. The van der Waals surface area contributed by atoms with Crippen molar-refractivity contribution in [1.82, 2.24) is 4.98 Å². The van der Waals surface area contributed by atoms with Crippen LogP contribution in [-0.4, -0.2) is 16.0 Å². The fraction of sp³-hybridized carbons (Fsp3) is 0. The summed E-state index contributed by atoms with van der Waals surface area (Å²) in [5.74, 6) is -1.34. The summed E-state index contributed by atoms with van der Waals surface area (Å²) in [5, 5.41) is 11.5. The second-order valence-corrected chi connectivity index (χ2v) is 3.59. The molecule has 0 unspecified atom stereocenters. The number of phenols is 1. The Morgan fingerprint density at radius 2 is 2.11 bits per heavy atom. The quantitative estimate of drug-likeness (QED) is 0.754. The number of carbonyl (C=O) groups excluding carboxylic acids is 1. The number of nitrogen functional groups attached to an aromatic ring is 1. The summed E-state index contributed by atoms with van der Waals surface area (Å²) in [7, 11) is 0. The van der Waals surface area contributed by atoms with Crippen molar-refractivity contribution < 1.29 is 14.3 Å². The Balaban J connectivity index is 2.19. The number of amides is 1. The van der Waals surface area contributed by atoms with Gasteiger partial charge in [0.15, 0.2) is 0 Å². The van der Waals surface area contributed by atoms with Crippen LogP contribution in [0.2, 0.25) is 0 Å². The molecule has 1 heterocycles. The lowest BCUT2D eigenvalue weighted by atomic mass is 10.2. The number of anilines is 2. The van der Waals surface area contributed by atoms with Crippen molar-refractivity contribution in [3.63, 3.8) is 0 Å². The van der Waals surface area contributed by atoms with Gasteiger partial charge in [-0.15, -0.1) is 0 Å². The molecular formula is C12H10FN3O2. The molecule has 5 nitrogen and oxygen atoms in total. The van der Waals surface area contributed by atoms with Crippen molar-refractivity contribution in [1.29, 1.82) is 0 Å². The molecule has 92 valence electrons. The van der Waals surface area contributed by atoms with Gasteiger partial charge in [0, 0.05) is 6.07 Å². The van der Waals surface area contributed by atoms with Crippen LogP contribution >= 0.6 is 0 Å². The number of carbonyl (C=O) groups is 1. The van der Waals surface area contributed by atoms with Gasteiger partial charge in [-0.2, -0.15) is 0 Å². The number of pyridine rings is 1. The number of nitrogens with two attached hydrogens (primary N) is 1. The van der Waals surface area contributed by atoms with Crippen molar-refractivity contribution in [2.75, 3.05) is 11.1 Å². The molecule has 1 amide bonds. The molecule has 18 heavy (non-hydrogen) atoms. The predicted octanol–water partition coefficient (Wildman–Crippen LogP) is 1.76. The Bertz CT molecular complexity index is 584. The third kappa shape index (κ3) is 2.54. The van der Waals surface area contributed by atoms with Gasteiger partial charge in [0.05, 0.1) is 17.4 Å². The minimum absolute atomic E-state index is 0.162. The minimum atomic E-state index is -0.795. The van der Waals surface area contributed by atoms with Crippen LogP contribution in [0.1, 0.15) is 10.4 Å². The zero-order valence-electron chi connectivity index (χ0n) is 9.22. The lowest BCUT2D eigenvalue weighted by Gasteiger charge is -2.06. The van der Waals surface area contributed by atoms with Crippen LogP contribution in [0.3, 0.4) is 0 Å². The summed E-state index contributed by atoms with van der Waals surface area (Å²) in [4.78, 5) is 15.5. The summed E-state index contributed by atoms with van der Waals surface area (Å²) in [5.41, 5.74) is 5.64. The normalized spacial score (nSPS) is 10.1. The van der Waals surface area contributed by atoms with Crippen molar-refractivity contribution in [2.24, 2.45) is 0 Å². The summed E-state index contributed by atoms with van der Waals surface area (Å²) >= 11 is 0. The molecular weight excluding hydrogens is 237 g/mol. The monoisotopic (exact) mass is 247 g/mol. The van der Waals surface area contributed by atoms with Crippen LogP contribution < -0.4 is 11.1 Å². The van der Waals surface area contributed by atoms with E-state index in [1.54, 1.807) is 6.07 Å². The molecule has 2 aromatic rings. The molecule has 1 aromatic heterocycles. The van der Waals surface area contributed by atoms with Gasteiger partial charge in [0.2, 0.25) is 0 Å². The van der Waals surface area contributed by atoms with Crippen molar-refractivity contribution in [3.8, 4) is 5.75 Å². The zero-order valence-corrected chi connectivity index (χ0v) is 9.22. The summed E-state index contributed by atoms with van der Waals surface area (Å²) < 4.78 is 13.4. The van der Waals surface area contributed by atoms with E-state index in [2.05, 4.69) is 10.3 Å². The molecule has 4 N–H and O–H groups in total. The molecule has 0 aliphatic heterocycles. The number of aromatic hydroxyl groups is 1. The van der Waals surface area contributed by atoms with Gasteiger partial charge in [0.1, 0.15) is 17.4 Å². The lowest BCUT2D eigenvalue weighted by molar-refractivity contribution is 0.102. The minimum Gasteiger partial charge on any atom is -0.508 e. The molecule has 0 radical (unpaired) electrons. The van der Waals surface area contributed by atoms with Gasteiger partial charge in [-0.1, -0.05) is 0 Å². The molecule has 1 aromatic carbocycles. The molecule has 0 saturated carbocycles. The maximum atomic E-state index is 13.4. The Morgan fingerprint density at radius 3 is 2.72 bits per heavy atom. The van der Waals surface area contributed by atoms with Gasteiger partial charge in [-0.05, 0) is 24.3 Å². The number of nitrogens with one attached hydrogen (secondary N) is 1. The average molecular weight is 247 g/mol. The second kappa shape index (κ2) is 4.70. The molecule has 0 spiro atoms. The number of hydrogen-bond acceptors (Lipinski definition) is 4. The van der Waals surface area contributed by atoms with E-state index in [-0.39, 0.29) is 11.3 Å². The summed E-state index contributed by atoms with van der Waals surface area (Å²) in [6.45, 7) is 0. The van der Waals surface area contributed by atoms with E-state index in [1.165, 1.54) is 24.4 Å². The molecule has 2 rings (SSSR count). The maximum Gasteiger partial charge on any atom is 0.258 e. The number of hydrogen-bond donors (Lipinski definition) is 3. The number of aromatic nitrogens is 1. The fourth-order valence-corrected chi connectivity index (χ4v) is 1.37. The first kappa shape index (κ1) is 11.8. The Labute approximate surface area is 102 Å². The Morgan fingerprint density at radius 1 is 1.33 bits per heavy atom. The molecule has 0 fully saturated rings. The van der Waals surface area contributed by atoms with E-state index in [9.17, 15) is 9.18 Å². The number of benzene rings is 1. The predicted molar refractivity (Wildman–Crippen MR) is 64.7 cm³/mol. The van der Waals surface area contributed by atoms with Gasteiger partial charge < -0.3 is 16.2 Å². The zero-order chi connectivity index (χ0) is 13.1. The highest BCUT2D eigenvalue weighted by Crippen LogP contribution is 2.16. The smallest absolute Gasteiger partial charge is 0.258 e. The third-order valence-corrected chi connectivity index (χ3v) is 2.24. The highest BCUT2D eigenvalue weighted by molar-refractivity contribution is 6.04. The first-order valence-electron chi connectivity index (χ1n) is 5.07. The fourth-order valence-electron chi connectivity index (χ4n) is 1.37. The van der Waals surface area contributed by atoms with Crippen LogP contribution in [0.4, 0.5) is 15.9 Å². The van der Waals surface area contributed by atoms with Crippen molar-refractivity contribution in [3.05, 3.63) is 47.9 Å². The molecule has 0 saturated heterocycles. The topological polar surface area (TPSA) is 88.2 Å². The molecule has 6 heteroatoms. The molecule has 0 atom stereocenters. The van der Waals surface area contributed by atoms with E-state index < -0.39 is 11.7 Å². The van der Waals surface area contributed by atoms with Gasteiger partial charge in [-0.25, -0.2) is 9.37 Å². The SMILES string of the molecule is Nc1ccc(NC(=O)c2ccc(O)cc2F)cn1. The second-order valence-electron chi connectivity index (χ2n) is 3.59. The standard InChI is InChI=1S/C12H10FN3O2/c13-10-5-8(17)2-3-9(10)12(18)16-7-1-4-11(14)15-6-7/h1-6,17H,(H2,14,15)(H,16,18). The molecule has 0 aliphatic carbocycles. The highest BCUT2D eigenvalue weighted by Gasteiger charge is 2.12. The number of halogens is 1. The number of phenolic OH excluding ortho intramolecular Hbond substituents is 1. The van der Waals surface area contributed by atoms with Crippen molar-refractivity contribution in [2.45, 2.75) is 0 Å². The average Bonchev–Trinajstić information content (AvgIpc) is 2.32. The number of nitrogens with zero attached hydrogens (tertiary/aromatic N) is 1. The van der Waals surface area contributed by atoms with E-state index in [0.717, 1.165) is 6.07 Å². The Kier molecular flexibility index (Phi) is 3.09. The maximum absolute atomic E-state index is 13.4. The largest absolute Gasteiger partial charge is 0.508 e. The van der Waals surface area contributed by atoms with Crippen LogP contribution in [-0.2, 0) is 0 Å². The van der Waals surface area contributed by atoms with E-state index in [1.807, 2.05) is 0 Å². The molecule has 0 bridgehead atoms. The van der Waals surface area contributed by atoms with Crippen LogP contribution in [0.5, 0.6) is 5.75 Å². The lowest BCUT2D eigenvalue weighted by Crippen LogP contribution is -2.13.